The van der Waals surface area contributed by atoms with Gasteiger partial charge in [0.2, 0.25) is 0 Å². The second-order valence-electron chi connectivity index (χ2n) is 5.37. The van der Waals surface area contributed by atoms with Crippen molar-refractivity contribution in [1.82, 2.24) is 15.0 Å². The van der Waals surface area contributed by atoms with Gasteiger partial charge in [0.25, 0.3) is 0 Å². The lowest BCUT2D eigenvalue weighted by molar-refractivity contribution is 0.412. The Morgan fingerprint density at radius 1 is 1.19 bits per heavy atom. The largest absolute Gasteiger partial charge is 0.440 e. The van der Waals surface area contributed by atoms with Crippen molar-refractivity contribution < 1.29 is 4.42 Å². The Hall–Kier alpha value is -2.43. The number of hydrogen-bond acceptors (Lipinski definition) is 5. The molecule has 1 unspecified atom stereocenters. The predicted molar refractivity (Wildman–Crippen MR) is 80.2 cm³/mol. The SMILES string of the molecule is c1ccc2oc(C3CCCN(c4cnccn4)C3)nc2c1. The number of anilines is 1. The van der Waals surface area contributed by atoms with Gasteiger partial charge in [-0.25, -0.2) is 9.97 Å². The third-order valence-corrected chi connectivity index (χ3v) is 3.95. The van der Waals surface area contributed by atoms with Crippen LogP contribution in [0.4, 0.5) is 5.82 Å². The summed E-state index contributed by atoms with van der Waals surface area (Å²) >= 11 is 0. The average Bonchev–Trinajstić information content (AvgIpc) is 3.00. The van der Waals surface area contributed by atoms with Crippen molar-refractivity contribution in [2.75, 3.05) is 18.0 Å². The van der Waals surface area contributed by atoms with Crippen LogP contribution >= 0.6 is 0 Å². The summed E-state index contributed by atoms with van der Waals surface area (Å²) in [6.45, 7) is 1.89. The molecule has 0 bridgehead atoms. The van der Waals surface area contributed by atoms with Crippen LogP contribution in [-0.2, 0) is 0 Å². The third-order valence-electron chi connectivity index (χ3n) is 3.95. The Morgan fingerprint density at radius 2 is 2.14 bits per heavy atom. The van der Waals surface area contributed by atoms with Crippen molar-refractivity contribution in [3.63, 3.8) is 0 Å². The molecule has 1 atom stereocenters. The van der Waals surface area contributed by atoms with E-state index in [0.717, 1.165) is 48.7 Å². The van der Waals surface area contributed by atoms with Crippen molar-refractivity contribution >= 4 is 16.9 Å². The number of rotatable bonds is 2. The van der Waals surface area contributed by atoms with E-state index in [1.807, 2.05) is 30.5 Å². The van der Waals surface area contributed by atoms with Crippen molar-refractivity contribution in [3.8, 4) is 0 Å². The zero-order valence-electron chi connectivity index (χ0n) is 11.6. The van der Waals surface area contributed by atoms with Gasteiger partial charge < -0.3 is 9.32 Å². The maximum atomic E-state index is 5.92. The molecule has 5 nitrogen and oxygen atoms in total. The molecule has 0 N–H and O–H groups in total. The summed E-state index contributed by atoms with van der Waals surface area (Å²) in [6.07, 6.45) is 7.46. The van der Waals surface area contributed by atoms with Gasteiger partial charge in [0.15, 0.2) is 11.5 Å². The molecule has 3 aromatic rings. The zero-order chi connectivity index (χ0) is 14.1. The summed E-state index contributed by atoms with van der Waals surface area (Å²) < 4.78 is 5.92. The minimum atomic E-state index is 0.313. The first-order chi connectivity index (χ1) is 10.4. The van der Waals surface area contributed by atoms with Crippen LogP contribution in [0, 0.1) is 0 Å². The quantitative estimate of drug-likeness (QED) is 0.722. The molecule has 0 aliphatic carbocycles. The first-order valence-corrected chi connectivity index (χ1v) is 7.26. The van der Waals surface area contributed by atoms with Gasteiger partial charge >= 0.3 is 0 Å². The molecule has 1 fully saturated rings. The summed E-state index contributed by atoms with van der Waals surface area (Å²) in [5.41, 5.74) is 1.80. The highest BCUT2D eigenvalue weighted by Gasteiger charge is 2.26. The molecule has 106 valence electrons. The Balaban J connectivity index is 1.60. The van der Waals surface area contributed by atoms with Gasteiger partial charge in [-0.2, -0.15) is 0 Å². The average molecular weight is 280 g/mol. The van der Waals surface area contributed by atoms with Gasteiger partial charge in [-0.1, -0.05) is 12.1 Å². The van der Waals surface area contributed by atoms with Crippen LogP contribution < -0.4 is 4.90 Å². The van der Waals surface area contributed by atoms with Crippen LogP contribution in [0.25, 0.3) is 11.1 Å². The molecule has 1 saturated heterocycles. The van der Waals surface area contributed by atoms with Gasteiger partial charge in [0.05, 0.1) is 12.1 Å². The van der Waals surface area contributed by atoms with E-state index in [2.05, 4.69) is 19.9 Å². The van der Waals surface area contributed by atoms with Crippen LogP contribution in [-0.4, -0.2) is 28.0 Å². The fourth-order valence-electron chi connectivity index (χ4n) is 2.91. The Labute approximate surface area is 122 Å². The van der Waals surface area contributed by atoms with Crippen LogP contribution in [0.5, 0.6) is 0 Å². The van der Waals surface area contributed by atoms with Crippen molar-refractivity contribution in [2.45, 2.75) is 18.8 Å². The Morgan fingerprint density at radius 3 is 3.00 bits per heavy atom. The highest BCUT2D eigenvalue weighted by atomic mass is 16.3. The van der Waals surface area contributed by atoms with Gasteiger partial charge in [-0.05, 0) is 25.0 Å². The molecular formula is C16H16N4O. The third kappa shape index (κ3) is 2.35. The van der Waals surface area contributed by atoms with E-state index in [9.17, 15) is 0 Å². The van der Waals surface area contributed by atoms with E-state index in [0.29, 0.717) is 5.92 Å². The van der Waals surface area contributed by atoms with Crippen molar-refractivity contribution in [2.24, 2.45) is 0 Å². The molecule has 4 rings (SSSR count). The number of oxazole rings is 1. The molecule has 1 aromatic carbocycles. The van der Waals surface area contributed by atoms with Crippen LogP contribution in [0.15, 0.2) is 47.3 Å². The van der Waals surface area contributed by atoms with E-state index in [1.165, 1.54) is 0 Å². The van der Waals surface area contributed by atoms with Gasteiger partial charge in [-0.15, -0.1) is 0 Å². The molecule has 0 radical (unpaired) electrons. The highest BCUT2D eigenvalue weighted by Crippen LogP contribution is 2.30. The normalized spacial score (nSPS) is 19.0. The molecule has 0 saturated carbocycles. The minimum Gasteiger partial charge on any atom is -0.440 e. The number of aromatic nitrogens is 3. The highest BCUT2D eigenvalue weighted by molar-refractivity contribution is 5.72. The lowest BCUT2D eigenvalue weighted by Crippen LogP contribution is -2.35. The second kappa shape index (κ2) is 5.16. The number of nitrogens with zero attached hydrogens (tertiary/aromatic N) is 4. The van der Waals surface area contributed by atoms with Crippen LogP contribution in [0.3, 0.4) is 0 Å². The first-order valence-electron chi connectivity index (χ1n) is 7.26. The number of piperidine rings is 1. The molecular weight excluding hydrogens is 264 g/mol. The molecule has 0 spiro atoms. The van der Waals surface area contributed by atoms with Crippen LogP contribution in [0.1, 0.15) is 24.7 Å². The molecule has 2 aromatic heterocycles. The smallest absolute Gasteiger partial charge is 0.200 e. The van der Waals surface area contributed by atoms with E-state index < -0.39 is 0 Å². The van der Waals surface area contributed by atoms with E-state index in [-0.39, 0.29) is 0 Å². The van der Waals surface area contributed by atoms with Gasteiger partial charge in [0.1, 0.15) is 11.3 Å². The molecule has 1 aliphatic rings. The van der Waals surface area contributed by atoms with Crippen molar-refractivity contribution in [3.05, 3.63) is 48.7 Å². The van der Waals surface area contributed by atoms with Crippen LogP contribution in [0.2, 0.25) is 0 Å². The van der Waals surface area contributed by atoms with Crippen molar-refractivity contribution in [1.29, 1.82) is 0 Å². The lowest BCUT2D eigenvalue weighted by Gasteiger charge is -2.31. The summed E-state index contributed by atoms with van der Waals surface area (Å²) in [5, 5.41) is 0. The number of fused-ring (bicyclic) bond motifs is 1. The summed E-state index contributed by atoms with van der Waals surface area (Å²) in [6, 6.07) is 7.92. The molecule has 0 amide bonds. The zero-order valence-corrected chi connectivity index (χ0v) is 11.6. The Kier molecular flexibility index (Phi) is 3.03. The maximum Gasteiger partial charge on any atom is 0.200 e. The fraction of sp³-hybridized carbons (Fsp3) is 0.312. The summed E-state index contributed by atoms with van der Waals surface area (Å²) in [5.74, 6) is 2.08. The standard InChI is InChI=1S/C16H16N4O/c1-2-6-14-13(5-1)19-16(21-14)12-4-3-9-20(11-12)15-10-17-7-8-18-15/h1-2,5-8,10,12H,3-4,9,11H2. The maximum absolute atomic E-state index is 5.92. The van der Waals surface area contributed by atoms with E-state index in [4.69, 9.17) is 4.42 Å². The lowest BCUT2D eigenvalue weighted by atomic mass is 9.98. The number of benzene rings is 1. The second-order valence-corrected chi connectivity index (χ2v) is 5.37. The van der Waals surface area contributed by atoms with Gasteiger partial charge in [0, 0.05) is 25.5 Å². The topological polar surface area (TPSA) is 55.1 Å². The molecule has 3 heterocycles. The number of para-hydroxylation sites is 2. The monoisotopic (exact) mass is 280 g/mol. The molecule has 5 heteroatoms. The fourth-order valence-corrected chi connectivity index (χ4v) is 2.91. The first kappa shape index (κ1) is 12.3. The molecule has 1 aliphatic heterocycles. The predicted octanol–water partition coefficient (Wildman–Crippen LogP) is 3.00. The minimum absolute atomic E-state index is 0.313. The van der Waals surface area contributed by atoms with Gasteiger partial charge in [-0.3, -0.25) is 4.98 Å². The summed E-state index contributed by atoms with van der Waals surface area (Å²) in [4.78, 5) is 15.4. The summed E-state index contributed by atoms with van der Waals surface area (Å²) in [7, 11) is 0. The van der Waals surface area contributed by atoms with E-state index in [1.54, 1.807) is 12.4 Å². The van der Waals surface area contributed by atoms with E-state index >= 15 is 0 Å². The molecule has 21 heavy (non-hydrogen) atoms. The number of hydrogen-bond donors (Lipinski definition) is 0. The Bertz CT molecular complexity index is 707.